The number of methoxy groups -OCH3 is 1. The van der Waals surface area contributed by atoms with E-state index in [1.54, 1.807) is 13.2 Å². The van der Waals surface area contributed by atoms with E-state index in [4.69, 9.17) is 15.7 Å². The average Bonchev–Trinajstić information content (AvgIpc) is 2.85. The van der Waals surface area contributed by atoms with Crippen LogP contribution in [0.2, 0.25) is 0 Å². The third-order valence-electron chi connectivity index (χ3n) is 3.20. The number of benzene rings is 1. The molecule has 0 spiro atoms. The summed E-state index contributed by atoms with van der Waals surface area (Å²) in [5, 5.41) is 9.01. The van der Waals surface area contributed by atoms with Crippen molar-refractivity contribution in [2.75, 3.05) is 7.11 Å². The van der Waals surface area contributed by atoms with Crippen LogP contribution in [0.15, 0.2) is 36.5 Å². The molecule has 2 rings (SSSR count). The minimum Gasteiger partial charge on any atom is -0.496 e. The first-order valence-electron chi connectivity index (χ1n) is 6.60. The largest absolute Gasteiger partial charge is 0.496 e. The summed E-state index contributed by atoms with van der Waals surface area (Å²) in [7, 11) is 1.64. The van der Waals surface area contributed by atoms with Crippen molar-refractivity contribution in [3.05, 3.63) is 53.3 Å². The van der Waals surface area contributed by atoms with Gasteiger partial charge in [0.15, 0.2) is 0 Å². The first-order valence-corrected chi connectivity index (χ1v) is 6.60. The predicted molar refractivity (Wildman–Crippen MR) is 78.6 cm³/mol. The number of hydrogen-bond acceptors (Lipinski definition) is 3. The van der Waals surface area contributed by atoms with Crippen molar-refractivity contribution in [1.82, 2.24) is 4.57 Å². The van der Waals surface area contributed by atoms with Crippen LogP contribution in [-0.2, 0) is 13.0 Å². The van der Waals surface area contributed by atoms with E-state index in [9.17, 15) is 0 Å². The first kappa shape index (κ1) is 14.2. The molecule has 0 bridgehead atoms. The number of nitrogens with zero attached hydrogens (tertiary/aromatic N) is 2. The Morgan fingerprint density at radius 2 is 2.20 bits per heavy atom. The van der Waals surface area contributed by atoms with Crippen LogP contribution in [0, 0.1) is 11.3 Å². The molecule has 2 aromatic rings. The van der Waals surface area contributed by atoms with Crippen molar-refractivity contribution in [2.24, 2.45) is 5.73 Å². The van der Waals surface area contributed by atoms with Crippen molar-refractivity contribution in [3.8, 4) is 11.8 Å². The summed E-state index contributed by atoms with van der Waals surface area (Å²) in [5.74, 6) is 0.796. The maximum absolute atomic E-state index is 9.01. The van der Waals surface area contributed by atoms with Gasteiger partial charge in [0.25, 0.3) is 0 Å². The monoisotopic (exact) mass is 269 g/mol. The number of nitriles is 1. The van der Waals surface area contributed by atoms with Gasteiger partial charge >= 0.3 is 0 Å². The van der Waals surface area contributed by atoms with Crippen molar-refractivity contribution in [1.29, 1.82) is 5.26 Å². The van der Waals surface area contributed by atoms with Gasteiger partial charge in [0.2, 0.25) is 0 Å². The minimum absolute atomic E-state index is 0.121. The van der Waals surface area contributed by atoms with E-state index < -0.39 is 0 Å². The molecule has 0 aliphatic heterocycles. The molecule has 1 aromatic carbocycles. The number of nitrogens with two attached hydrogens (primary N) is 1. The molecule has 0 amide bonds. The van der Waals surface area contributed by atoms with Crippen LogP contribution in [0.5, 0.6) is 5.75 Å². The second-order valence-corrected chi connectivity index (χ2v) is 4.95. The van der Waals surface area contributed by atoms with Crippen LogP contribution in [0.25, 0.3) is 0 Å². The molecule has 20 heavy (non-hydrogen) atoms. The highest BCUT2D eigenvalue weighted by molar-refractivity contribution is 5.42. The Morgan fingerprint density at radius 1 is 1.40 bits per heavy atom. The van der Waals surface area contributed by atoms with E-state index in [1.165, 1.54) is 5.69 Å². The highest BCUT2D eigenvalue weighted by atomic mass is 16.5. The van der Waals surface area contributed by atoms with Crippen molar-refractivity contribution < 1.29 is 4.74 Å². The summed E-state index contributed by atoms with van der Waals surface area (Å²) < 4.78 is 7.51. The third-order valence-corrected chi connectivity index (χ3v) is 3.20. The fourth-order valence-electron chi connectivity index (χ4n) is 2.27. The van der Waals surface area contributed by atoms with Gasteiger partial charge in [-0.05, 0) is 37.3 Å². The predicted octanol–water partition coefficient (Wildman–Crippen LogP) is 2.31. The number of hydrogen-bond donors (Lipinski definition) is 1. The second kappa shape index (κ2) is 6.27. The molecule has 0 saturated carbocycles. The van der Waals surface area contributed by atoms with E-state index in [0.717, 1.165) is 17.7 Å². The highest BCUT2D eigenvalue weighted by Gasteiger charge is 2.09. The van der Waals surface area contributed by atoms with E-state index in [0.29, 0.717) is 12.1 Å². The molecule has 4 nitrogen and oxygen atoms in total. The lowest BCUT2D eigenvalue weighted by Crippen LogP contribution is -2.20. The number of aromatic nitrogens is 1. The summed E-state index contributed by atoms with van der Waals surface area (Å²) in [6, 6.07) is 11.8. The summed E-state index contributed by atoms with van der Waals surface area (Å²) in [5.41, 5.74) is 8.69. The van der Waals surface area contributed by atoms with Crippen molar-refractivity contribution in [2.45, 2.75) is 25.9 Å². The van der Waals surface area contributed by atoms with Gasteiger partial charge in [0, 0.05) is 29.9 Å². The Kier molecular flexibility index (Phi) is 4.44. The summed E-state index contributed by atoms with van der Waals surface area (Å²) in [6.45, 7) is 2.67. The molecule has 0 saturated heterocycles. The highest BCUT2D eigenvalue weighted by Crippen LogP contribution is 2.21. The zero-order valence-electron chi connectivity index (χ0n) is 11.8. The van der Waals surface area contributed by atoms with Gasteiger partial charge in [0.1, 0.15) is 5.75 Å². The molecule has 1 heterocycles. The van der Waals surface area contributed by atoms with Gasteiger partial charge < -0.3 is 15.0 Å². The van der Waals surface area contributed by atoms with E-state index in [2.05, 4.69) is 16.7 Å². The quantitative estimate of drug-likeness (QED) is 0.906. The zero-order chi connectivity index (χ0) is 14.5. The first-order chi connectivity index (χ1) is 9.63. The van der Waals surface area contributed by atoms with Gasteiger partial charge in [-0.1, -0.05) is 0 Å². The molecule has 0 aliphatic rings. The summed E-state index contributed by atoms with van der Waals surface area (Å²) in [6.07, 6.45) is 2.85. The molecule has 2 N–H and O–H groups in total. The second-order valence-electron chi connectivity index (χ2n) is 4.95. The topological polar surface area (TPSA) is 64.0 Å². The number of rotatable bonds is 5. The molecule has 1 atom stereocenters. The molecule has 0 fully saturated rings. The molecule has 4 heteroatoms. The molecule has 1 unspecified atom stereocenters. The lowest BCUT2D eigenvalue weighted by Gasteiger charge is -2.14. The van der Waals surface area contributed by atoms with E-state index in [1.807, 2.05) is 31.3 Å². The van der Waals surface area contributed by atoms with Crippen LogP contribution >= 0.6 is 0 Å². The Morgan fingerprint density at radius 3 is 2.85 bits per heavy atom. The Bertz CT molecular complexity index is 623. The zero-order valence-corrected chi connectivity index (χ0v) is 11.8. The molecular weight excluding hydrogens is 250 g/mol. The third kappa shape index (κ3) is 3.19. The van der Waals surface area contributed by atoms with Gasteiger partial charge in [0.05, 0.1) is 25.3 Å². The van der Waals surface area contributed by atoms with Gasteiger partial charge in [-0.25, -0.2) is 0 Å². The van der Waals surface area contributed by atoms with Crippen LogP contribution in [0.1, 0.15) is 23.7 Å². The molecule has 1 aromatic heterocycles. The van der Waals surface area contributed by atoms with Crippen LogP contribution < -0.4 is 10.5 Å². The minimum atomic E-state index is 0.121. The SMILES string of the molecule is COc1ccc(C#N)cc1Cn1cccc1CC(C)N. The van der Waals surface area contributed by atoms with Gasteiger partial charge in [-0.3, -0.25) is 0 Å². The van der Waals surface area contributed by atoms with E-state index in [-0.39, 0.29) is 6.04 Å². The van der Waals surface area contributed by atoms with Crippen LogP contribution in [0.3, 0.4) is 0 Å². The molecule has 0 aliphatic carbocycles. The molecular formula is C16H19N3O. The Balaban J connectivity index is 2.30. The van der Waals surface area contributed by atoms with Crippen molar-refractivity contribution in [3.63, 3.8) is 0 Å². The summed E-state index contributed by atoms with van der Waals surface area (Å²) >= 11 is 0. The summed E-state index contributed by atoms with van der Waals surface area (Å²) in [4.78, 5) is 0. The number of ether oxygens (including phenoxy) is 1. The lowest BCUT2D eigenvalue weighted by atomic mass is 10.1. The van der Waals surface area contributed by atoms with Gasteiger partial charge in [-0.15, -0.1) is 0 Å². The molecule has 0 radical (unpaired) electrons. The fraction of sp³-hybridized carbons (Fsp3) is 0.312. The van der Waals surface area contributed by atoms with Crippen LogP contribution in [0.4, 0.5) is 0 Å². The normalized spacial score (nSPS) is 11.9. The average molecular weight is 269 g/mol. The van der Waals surface area contributed by atoms with Gasteiger partial charge in [-0.2, -0.15) is 5.26 Å². The van der Waals surface area contributed by atoms with Crippen LogP contribution in [-0.4, -0.2) is 17.7 Å². The Hall–Kier alpha value is -2.25. The Labute approximate surface area is 119 Å². The maximum atomic E-state index is 9.01. The lowest BCUT2D eigenvalue weighted by molar-refractivity contribution is 0.408. The van der Waals surface area contributed by atoms with E-state index >= 15 is 0 Å². The standard InChI is InChI=1S/C16H19N3O/c1-12(18)8-15-4-3-7-19(15)11-14-9-13(10-17)5-6-16(14)20-2/h3-7,9,12H,8,11,18H2,1-2H3. The maximum Gasteiger partial charge on any atom is 0.123 e. The van der Waals surface area contributed by atoms with Crippen molar-refractivity contribution >= 4 is 0 Å². The molecule has 104 valence electrons. The fourth-order valence-corrected chi connectivity index (χ4v) is 2.27. The smallest absolute Gasteiger partial charge is 0.123 e.